The first-order chi connectivity index (χ1) is 12.9. The first-order valence-corrected chi connectivity index (χ1v) is 11.8. The molecule has 27 heavy (non-hydrogen) atoms. The van der Waals surface area contributed by atoms with Crippen molar-refractivity contribution in [1.29, 1.82) is 0 Å². The normalized spacial score (nSPS) is 49.6. The molecule has 2 heteroatoms. The molecule has 4 aliphatic carbocycles. The summed E-state index contributed by atoms with van der Waals surface area (Å²) >= 11 is 0. The van der Waals surface area contributed by atoms with E-state index in [1.54, 1.807) is 11.3 Å². The van der Waals surface area contributed by atoms with Crippen molar-refractivity contribution in [2.24, 2.45) is 34.5 Å². The van der Waals surface area contributed by atoms with E-state index >= 15 is 0 Å². The fourth-order valence-electron chi connectivity index (χ4n) is 8.17. The van der Waals surface area contributed by atoms with E-state index in [-0.39, 0.29) is 6.10 Å². The molecule has 5 aliphatic rings. The van der Waals surface area contributed by atoms with Gasteiger partial charge in [-0.25, -0.2) is 0 Å². The Kier molecular flexibility index (Phi) is 4.31. The molecule has 0 amide bonds. The minimum atomic E-state index is -0.0965. The fraction of sp³-hybridized carbons (Fsp3) is 0.840. The quantitative estimate of drug-likeness (QED) is 0.614. The lowest BCUT2D eigenvalue weighted by molar-refractivity contribution is -0.0544. The zero-order valence-electron chi connectivity index (χ0n) is 17.7. The van der Waals surface area contributed by atoms with Crippen molar-refractivity contribution in [1.82, 2.24) is 4.90 Å². The van der Waals surface area contributed by atoms with E-state index in [1.807, 2.05) is 0 Å². The molecule has 5 rings (SSSR count). The predicted octanol–water partition coefficient (Wildman–Crippen LogP) is 5.54. The van der Waals surface area contributed by atoms with Gasteiger partial charge >= 0.3 is 0 Å². The minimum Gasteiger partial charge on any atom is -0.393 e. The van der Waals surface area contributed by atoms with Gasteiger partial charge in [0.15, 0.2) is 0 Å². The summed E-state index contributed by atoms with van der Waals surface area (Å²) < 4.78 is 0. The molecule has 0 radical (unpaired) electrons. The van der Waals surface area contributed by atoms with Crippen LogP contribution in [0.5, 0.6) is 0 Å². The molecular formula is C25H39NO. The van der Waals surface area contributed by atoms with Gasteiger partial charge in [0.25, 0.3) is 0 Å². The highest BCUT2D eigenvalue weighted by Crippen LogP contribution is 2.66. The molecule has 0 spiro atoms. The van der Waals surface area contributed by atoms with E-state index in [9.17, 15) is 5.11 Å². The van der Waals surface area contributed by atoms with Gasteiger partial charge in [-0.05, 0) is 86.9 Å². The molecule has 1 saturated heterocycles. The van der Waals surface area contributed by atoms with Crippen molar-refractivity contribution in [3.05, 3.63) is 23.4 Å². The molecule has 0 unspecified atom stereocenters. The van der Waals surface area contributed by atoms with Crippen LogP contribution in [0.1, 0.15) is 78.6 Å². The second kappa shape index (κ2) is 6.37. The van der Waals surface area contributed by atoms with Crippen molar-refractivity contribution in [3.63, 3.8) is 0 Å². The molecule has 7 atom stereocenters. The monoisotopic (exact) mass is 369 g/mol. The van der Waals surface area contributed by atoms with Crippen LogP contribution in [-0.2, 0) is 0 Å². The van der Waals surface area contributed by atoms with Crippen LogP contribution < -0.4 is 0 Å². The molecule has 3 fully saturated rings. The summed E-state index contributed by atoms with van der Waals surface area (Å²) in [6.07, 6.45) is 16.5. The van der Waals surface area contributed by atoms with Crippen molar-refractivity contribution in [3.8, 4) is 0 Å². The summed E-state index contributed by atoms with van der Waals surface area (Å²) in [6.45, 7) is 10.2. The van der Waals surface area contributed by atoms with Crippen LogP contribution in [0, 0.1) is 34.5 Å². The van der Waals surface area contributed by atoms with Gasteiger partial charge < -0.3 is 10.0 Å². The predicted molar refractivity (Wildman–Crippen MR) is 111 cm³/mol. The van der Waals surface area contributed by atoms with E-state index in [2.05, 4.69) is 37.8 Å². The number of aliphatic hydroxyl groups is 1. The highest BCUT2D eigenvalue weighted by molar-refractivity contribution is 5.31. The smallest absolute Gasteiger partial charge is 0.0577 e. The standard InChI is InChI=1S/C25H39NO/c1-17-15-18-16-19(27)9-11-24(18,2)21-10-12-25(3)20(23(17)21)7-8-22(25)26-13-5-4-6-14-26/h8,15,17,19-21,23,27H,4-7,9-14,16H2,1-3H3/t17-,19+,20+,21+,23+,24+,25+/m1/s1. The average molecular weight is 370 g/mol. The van der Waals surface area contributed by atoms with Crippen molar-refractivity contribution in [2.75, 3.05) is 13.1 Å². The first kappa shape index (κ1) is 18.3. The molecule has 2 nitrogen and oxygen atoms in total. The van der Waals surface area contributed by atoms with Gasteiger partial charge in [0.2, 0.25) is 0 Å². The number of fused-ring (bicyclic) bond motifs is 5. The number of piperidine rings is 1. The lowest BCUT2D eigenvalue weighted by Crippen LogP contribution is -2.53. The Hall–Kier alpha value is -0.760. The van der Waals surface area contributed by atoms with Gasteiger partial charge in [0.1, 0.15) is 0 Å². The van der Waals surface area contributed by atoms with E-state index in [1.165, 1.54) is 58.0 Å². The minimum absolute atomic E-state index is 0.0965. The number of rotatable bonds is 1. The van der Waals surface area contributed by atoms with E-state index in [4.69, 9.17) is 0 Å². The number of allylic oxidation sites excluding steroid dienone is 3. The third kappa shape index (κ3) is 2.61. The Morgan fingerprint density at radius 3 is 2.52 bits per heavy atom. The Labute approximate surface area is 166 Å². The molecule has 2 saturated carbocycles. The summed E-state index contributed by atoms with van der Waals surface area (Å²) in [4.78, 5) is 2.76. The van der Waals surface area contributed by atoms with Crippen LogP contribution in [0.4, 0.5) is 0 Å². The topological polar surface area (TPSA) is 23.5 Å². The molecule has 0 aromatic carbocycles. The Morgan fingerprint density at radius 1 is 1.00 bits per heavy atom. The third-order valence-electron chi connectivity index (χ3n) is 9.64. The summed E-state index contributed by atoms with van der Waals surface area (Å²) in [5.41, 5.74) is 4.08. The number of hydrogen-bond donors (Lipinski definition) is 1. The van der Waals surface area contributed by atoms with E-state index in [0.717, 1.165) is 30.6 Å². The maximum Gasteiger partial charge on any atom is 0.0577 e. The molecule has 0 aromatic heterocycles. The molecule has 0 aromatic rings. The van der Waals surface area contributed by atoms with Crippen molar-refractivity contribution < 1.29 is 5.11 Å². The third-order valence-corrected chi connectivity index (χ3v) is 9.64. The summed E-state index contributed by atoms with van der Waals surface area (Å²) in [6, 6.07) is 0. The largest absolute Gasteiger partial charge is 0.393 e. The number of likely N-dealkylation sites (tertiary alicyclic amines) is 1. The zero-order valence-corrected chi connectivity index (χ0v) is 17.7. The van der Waals surface area contributed by atoms with Gasteiger partial charge in [-0.15, -0.1) is 0 Å². The Balaban J connectivity index is 1.46. The molecule has 1 N–H and O–H groups in total. The Morgan fingerprint density at radius 2 is 1.74 bits per heavy atom. The van der Waals surface area contributed by atoms with Crippen LogP contribution >= 0.6 is 0 Å². The average Bonchev–Trinajstić information content (AvgIpc) is 3.01. The summed E-state index contributed by atoms with van der Waals surface area (Å²) in [5, 5.41) is 10.3. The molecule has 150 valence electrons. The van der Waals surface area contributed by atoms with Gasteiger partial charge in [-0.3, -0.25) is 0 Å². The molecule has 1 aliphatic heterocycles. The number of nitrogens with zero attached hydrogens (tertiary/aromatic N) is 1. The lowest BCUT2D eigenvalue weighted by atomic mass is 9.46. The highest BCUT2D eigenvalue weighted by atomic mass is 16.3. The van der Waals surface area contributed by atoms with Crippen molar-refractivity contribution in [2.45, 2.75) is 84.7 Å². The number of hydrogen-bond acceptors (Lipinski definition) is 2. The fourth-order valence-corrected chi connectivity index (χ4v) is 8.17. The van der Waals surface area contributed by atoms with Gasteiger partial charge in [0, 0.05) is 24.2 Å². The van der Waals surface area contributed by atoms with Crippen LogP contribution in [0.15, 0.2) is 23.4 Å². The van der Waals surface area contributed by atoms with Crippen LogP contribution in [0.25, 0.3) is 0 Å². The number of aliphatic hydroxyl groups excluding tert-OH is 1. The Bertz CT molecular complexity index is 659. The molecule has 0 bridgehead atoms. The van der Waals surface area contributed by atoms with Crippen LogP contribution in [-0.4, -0.2) is 29.2 Å². The van der Waals surface area contributed by atoms with E-state index < -0.39 is 0 Å². The highest BCUT2D eigenvalue weighted by Gasteiger charge is 2.58. The maximum atomic E-state index is 10.3. The van der Waals surface area contributed by atoms with Gasteiger partial charge in [-0.2, -0.15) is 0 Å². The van der Waals surface area contributed by atoms with Gasteiger partial charge in [0.05, 0.1) is 6.10 Å². The van der Waals surface area contributed by atoms with Gasteiger partial charge in [-0.1, -0.05) is 38.5 Å². The molecule has 1 heterocycles. The molecular weight excluding hydrogens is 330 g/mol. The first-order valence-electron chi connectivity index (χ1n) is 11.8. The van der Waals surface area contributed by atoms with Crippen molar-refractivity contribution >= 4 is 0 Å². The van der Waals surface area contributed by atoms with Crippen LogP contribution in [0.2, 0.25) is 0 Å². The lowest BCUT2D eigenvalue weighted by Gasteiger charge is -2.60. The SMILES string of the molecule is C[C@@H]1C=C2C[C@@H](O)CC[C@]2(C)[C@H]2CC[C@]3(C)C(N4CCCCC4)=CC[C@H]3[C@H]12. The second-order valence-corrected chi connectivity index (χ2v) is 11.0. The summed E-state index contributed by atoms with van der Waals surface area (Å²) in [5.74, 6) is 3.14. The zero-order chi connectivity index (χ0) is 18.8. The second-order valence-electron chi connectivity index (χ2n) is 11.0. The summed E-state index contributed by atoms with van der Waals surface area (Å²) in [7, 11) is 0. The maximum absolute atomic E-state index is 10.3. The van der Waals surface area contributed by atoms with Crippen LogP contribution in [0.3, 0.4) is 0 Å². The van der Waals surface area contributed by atoms with E-state index in [0.29, 0.717) is 16.7 Å².